The third-order valence-corrected chi connectivity index (χ3v) is 2.22. The lowest BCUT2D eigenvalue weighted by molar-refractivity contribution is -0.00574. The number of pyridine rings is 1. The SMILES string of the molecule is O=C(c1ccnc(F)c1)N1CCCOC1. The first-order valence-electron chi connectivity index (χ1n) is 4.76. The van der Waals surface area contributed by atoms with Crippen molar-refractivity contribution in [3.63, 3.8) is 0 Å². The molecule has 1 amide bonds. The van der Waals surface area contributed by atoms with Gasteiger partial charge in [-0.25, -0.2) is 4.98 Å². The van der Waals surface area contributed by atoms with Gasteiger partial charge in [-0.05, 0) is 12.5 Å². The topological polar surface area (TPSA) is 42.4 Å². The van der Waals surface area contributed by atoms with Gasteiger partial charge in [-0.3, -0.25) is 4.79 Å². The second kappa shape index (κ2) is 4.35. The van der Waals surface area contributed by atoms with E-state index in [1.54, 1.807) is 4.90 Å². The number of carbonyl (C=O) groups is 1. The Morgan fingerprint density at radius 1 is 1.60 bits per heavy atom. The molecule has 2 heterocycles. The van der Waals surface area contributed by atoms with Gasteiger partial charge in [-0.2, -0.15) is 4.39 Å². The normalized spacial score (nSPS) is 16.5. The van der Waals surface area contributed by atoms with Crippen LogP contribution in [0.5, 0.6) is 0 Å². The van der Waals surface area contributed by atoms with Crippen LogP contribution < -0.4 is 0 Å². The van der Waals surface area contributed by atoms with Crippen molar-refractivity contribution in [1.82, 2.24) is 9.88 Å². The Labute approximate surface area is 86.7 Å². The fourth-order valence-corrected chi connectivity index (χ4v) is 1.48. The monoisotopic (exact) mass is 210 g/mol. The van der Waals surface area contributed by atoms with Crippen LogP contribution >= 0.6 is 0 Å². The summed E-state index contributed by atoms with van der Waals surface area (Å²) >= 11 is 0. The average molecular weight is 210 g/mol. The van der Waals surface area contributed by atoms with Gasteiger partial charge >= 0.3 is 0 Å². The van der Waals surface area contributed by atoms with E-state index in [2.05, 4.69) is 4.98 Å². The molecule has 1 aliphatic rings. The fourth-order valence-electron chi connectivity index (χ4n) is 1.48. The molecule has 1 aromatic rings. The van der Waals surface area contributed by atoms with Crippen LogP contribution in [0.4, 0.5) is 4.39 Å². The summed E-state index contributed by atoms with van der Waals surface area (Å²) in [7, 11) is 0. The molecular formula is C10H11FN2O2. The molecule has 0 aromatic carbocycles. The smallest absolute Gasteiger partial charge is 0.255 e. The van der Waals surface area contributed by atoms with Gasteiger partial charge in [0, 0.05) is 24.4 Å². The Morgan fingerprint density at radius 2 is 2.47 bits per heavy atom. The molecule has 0 N–H and O–H groups in total. The second-order valence-corrected chi connectivity index (χ2v) is 3.33. The summed E-state index contributed by atoms with van der Waals surface area (Å²) in [5.41, 5.74) is 0.313. The first-order valence-corrected chi connectivity index (χ1v) is 4.76. The third-order valence-electron chi connectivity index (χ3n) is 2.22. The van der Waals surface area contributed by atoms with E-state index in [1.807, 2.05) is 0 Å². The first-order chi connectivity index (χ1) is 7.27. The van der Waals surface area contributed by atoms with Gasteiger partial charge < -0.3 is 9.64 Å². The highest BCUT2D eigenvalue weighted by Gasteiger charge is 2.18. The molecule has 0 bridgehead atoms. The van der Waals surface area contributed by atoms with Crippen molar-refractivity contribution in [2.24, 2.45) is 0 Å². The zero-order chi connectivity index (χ0) is 10.7. The van der Waals surface area contributed by atoms with Crippen LogP contribution in [0.25, 0.3) is 0 Å². The van der Waals surface area contributed by atoms with E-state index in [-0.39, 0.29) is 12.6 Å². The number of hydrogen-bond acceptors (Lipinski definition) is 3. The maximum Gasteiger partial charge on any atom is 0.255 e. The van der Waals surface area contributed by atoms with Crippen LogP contribution in [0.1, 0.15) is 16.8 Å². The molecule has 15 heavy (non-hydrogen) atoms. The van der Waals surface area contributed by atoms with Gasteiger partial charge in [-0.1, -0.05) is 0 Å². The van der Waals surface area contributed by atoms with E-state index in [4.69, 9.17) is 4.74 Å². The van der Waals surface area contributed by atoms with Crippen molar-refractivity contribution in [3.8, 4) is 0 Å². The number of carbonyl (C=O) groups excluding carboxylic acids is 1. The molecule has 0 spiro atoms. The predicted octanol–water partition coefficient (Wildman–Crippen LogP) is 1.04. The summed E-state index contributed by atoms with van der Waals surface area (Å²) in [5.74, 6) is -0.852. The lowest BCUT2D eigenvalue weighted by Crippen LogP contribution is -2.38. The summed E-state index contributed by atoms with van der Waals surface area (Å²) in [6.07, 6.45) is 2.10. The van der Waals surface area contributed by atoms with Gasteiger partial charge in [0.25, 0.3) is 5.91 Å². The van der Waals surface area contributed by atoms with Crippen molar-refractivity contribution in [2.75, 3.05) is 19.9 Å². The van der Waals surface area contributed by atoms with E-state index < -0.39 is 5.95 Å². The first kappa shape index (κ1) is 10.0. The molecule has 0 unspecified atom stereocenters. The Hall–Kier alpha value is -1.49. The predicted molar refractivity (Wildman–Crippen MR) is 50.7 cm³/mol. The molecule has 0 atom stereocenters. The van der Waals surface area contributed by atoms with Gasteiger partial charge in [0.15, 0.2) is 0 Å². The summed E-state index contributed by atoms with van der Waals surface area (Å²) < 4.78 is 17.9. The number of amides is 1. The van der Waals surface area contributed by atoms with Gasteiger partial charge in [0.05, 0.1) is 6.61 Å². The molecular weight excluding hydrogens is 199 g/mol. The minimum atomic E-state index is -0.640. The van der Waals surface area contributed by atoms with E-state index in [1.165, 1.54) is 12.3 Å². The summed E-state index contributed by atoms with van der Waals surface area (Å²) in [5, 5.41) is 0. The quantitative estimate of drug-likeness (QED) is 0.650. The molecule has 1 fully saturated rings. The number of rotatable bonds is 1. The number of halogens is 1. The van der Waals surface area contributed by atoms with Crippen LogP contribution in [-0.2, 0) is 4.74 Å². The van der Waals surface area contributed by atoms with Gasteiger partial charge in [0.2, 0.25) is 5.95 Å². The van der Waals surface area contributed by atoms with Crippen LogP contribution in [0, 0.1) is 5.95 Å². The Kier molecular flexibility index (Phi) is 2.91. The van der Waals surface area contributed by atoms with E-state index in [0.717, 1.165) is 12.5 Å². The Bertz CT molecular complexity index is 364. The molecule has 4 nitrogen and oxygen atoms in total. The number of ether oxygens (including phenoxy) is 1. The van der Waals surface area contributed by atoms with Gasteiger partial charge in [-0.15, -0.1) is 0 Å². The molecule has 1 saturated heterocycles. The van der Waals surface area contributed by atoms with Crippen molar-refractivity contribution in [1.29, 1.82) is 0 Å². The van der Waals surface area contributed by atoms with Crippen molar-refractivity contribution in [2.45, 2.75) is 6.42 Å². The maximum atomic E-state index is 12.8. The second-order valence-electron chi connectivity index (χ2n) is 3.33. The summed E-state index contributed by atoms with van der Waals surface area (Å²) in [6, 6.07) is 2.64. The van der Waals surface area contributed by atoms with E-state index >= 15 is 0 Å². The van der Waals surface area contributed by atoms with Crippen LogP contribution in [0.2, 0.25) is 0 Å². The molecule has 0 aliphatic carbocycles. The van der Waals surface area contributed by atoms with E-state index in [0.29, 0.717) is 18.7 Å². The van der Waals surface area contributed by atoms with Crippen molar-refractivity contribution < 1.29 is 13.9 Å². The molecule has 0 saturated carbocycles. The van der Waals surface area contributed by atoms with E-state index in [9.17, 15) is 9.18 Å². The standard InChI is InChI=1S/C10H11FN2O2/c11-9-6-8(2-3-12-9)10(14)13-4-1-5-15-7-13/h2-3,6H,1,4-5,7H2. The Morgan fingerprint density at radius 3 is 3.13 bits per heavy atom. The highest BCUT2D eigenvalue weighted by molar-refractivity contribution is 5.94. The number of hydrogen-bond donors (Lipinski definition) is 0. The molecule has 1 aromatic heterocycles. The van der Waals surface area contributed by atoms with Crippen molar-refractivity contribution >= 4 is 5.91 Å². The lowest BCUT2D eigenvalue weighted by Gasteiger charge is -2.26. The third kappa shape index (κ3) is 2.30. The maximum absolute atomic E-state index is 12.8. The fraction of sp³-hybridized carbons (Fsp3) is 0.400. The zero-order valence-electron chi connectivity index (χ0n) is 8.15. The highest BCUT2D eigenvalue weighted by Crippen LogP contribution is 2.09. The molecule has 1 aliphatic heterocycles. The number of nitrogens with zero attached hydrogens (tertiary/aromatic N) is 2. The minimum Gasteiger partial charge on any atom is -0.361 e. The summed E-state index contributed by atoms with van der Waals surface area (Å²) in [6.45, 7) is 1.61. The Balaban J connectivity index is 2.12. The lowest BCUT2D eigenvalue weighted by atomic mass is 10.2. The van der Waals surface area contributed by atoms with Crippen LogP contribution in [0.3, 0.4) is 0 Å². The largest absolute Gasteiger partial charge is 0.361 e. The highest BCUT2D eigenvalue weighted by atomic mass is 19.1. The molecule has 80 valence electrons. The average Bonchev–Trinajstić information content (AvgIpc) is 2.29. The molecule has 2 rings (SSSR count). The van der Waals surface area contributed by atoms with Gasteiger partial charge in [0.1, 0.15) is 6.73 Å². The number of aromatic nitrogens is 1. The van der Waals surface area contributed by atoms with Crippen LogP contribution in [0.15, 0.2) is 18.3 Å². The minimum absolute atomic E-state index is 0.212. The molecule has 0 radical (unpaired) electrons. The summed E-state index contributed by atoms with van der Waals surface area (Å²) in [4.78, 5) is 16.8. The zero-order valence-corrected chi connectivity index (χ0v) is 8.15. The molecule has 5 heteroatoms. The van der Waals surface area contributed by atoms with Crippen LogP contribution in [-0.4, -0.2) is 35.7 Å². The van der Waals surface area contributed by atoms with Crippen molar-refractivity contribution in [3.05, 3.63) is 29.8 Å².